The number of benzene rings is 8. The molecule has 0 bridgehead atoms. The van der Waals surface area contributed by atoms with E-state index in [0.717, 1.165) is 56.1 Å². The minimum absolute atomic E-state index is 0.911. The van der Waals surface area contributed by atoms with E-state index in [0.29, 0.717) is 0 Å². The van der Waals surface area contributed by atoms with E-state index >= 15 is 0 Å². The smallest absolute Gasteiger partial charge is 0.135 e. The van der Waals surface area contributed by atoms with Gasteiger partial charge in [0.1, 0.15) is 11.2 Å². The molecule has 0 spiro atoms. The molecular formula is C48H32N2OS. The molecule has 0 unspecified atom stereocenters. The van der Waals surface area contributed by atoms with E-state index in [-0.39, 0.29) is 0 Å². The Morgan fingerprint density at radius 1 is 0.308 bits per heavy atom. The van der Waals surface area contributed by atoms with Crippen LogP contribution in [0.25, 0.3) is 53.2 Å². The van der Waals surface area contributed by atoms with Gasteiger partial charge in [0.25, 0.3) is 0 Å². The molecule has 0 aliphatic heterocycles. The van der Waals surface area contributed by atoms with Gasteiger partial charge in [-0.2, -0.15) is 0 Å². The molecule has 0 N–H and O–H groups in total. The third kappa shape index (κ3) is 5.29. The number of para-hydroxylation sites is 4. The molecule has 246 valence electrons. The number of hydrogen-bond acceptors (Lipinski definition) is 4. The van der Waals surface area contributed by atoms with Crippen LogP contribution in [0.1, 0.15) is 0 Å². The van der Waals surface area contributed by atoms with Crippen LogP contribution >= 0.6 is 11.3 Å². The minimum atomic E-state index is 0.911. The van der Waals surface area contributed by atoms with Crippen molar-refractivity contribution in [3.63, 3.8) is 0 Å². The number of rotatable bonds is 7. The highest BCUT2D eigenvalue weighted by atomic mass is 32.1. The molecule has 10 aromatic rings. The number of nitrogens with zero attached hydrogens (tertiary/aromatic N) is 2. The van der Waals surface area contributed by atoms with E-state index in [9.17, 15) is 0 Å². The van der Waals surface area contributed by atoms with Crippen molar-refractivity contribution < 1.29 is 4.42 Å². The largest absolute Gasteiger partial charge is 0.456 e. The first-order chi connectivity index (χ1) is 25.8. The fraction of sp³-hybridized carbons (Fsp3) is 0. The maximum Gasteiger partial charge on any atom is 0.135 e. The Labute approximate surface area is 305 Å². The summed E-state index contributed by atoms with van der Waals surface area (Å²) in [5.74, 6) is 0. The number of hydrogen-bond donors (Lipinski definition) is 0. The summed E-state index contributed by atoms with van der Waals surface area (Å²) in [6.45, 7) is 0. The second-order valence-electron chi connectivity index (χ2n) is 13.0. The Kier molecular flexibility index (Phi) is 7.33. The lowest BCUT2D eigenvalue weighted by atomic mass is 10.0. The fourth-order valence-electron chi connectivity index (χ4n) is 7.37. The van der Waals surface area contributed by atoms with Crippen molar-refractivity contribution in [1.82, 2.24) is 0 Å². The summed E-state index contributed by atoms with van der Waals surface area (Å²) in [5.41, 5.74) is 10.9. The third-order valence-electron chi connectivity index (χ3n) is 9.83. The zero-order valence-electron chi connectivity index (χ0n) is 28.2. The predicted molar refractivity (Wildman–Crippen MR) is 221 cm³/mol. The van der Waals surface area contributed by atoms with Crippen LogP contribution < -0.4 is 9.80 Å². The van der Waals surface area contributed by atoms with Crippen LogP contribution in [0, 0.1) is 0 Å². The third-order valence-corrected chi connectivity index (χ3v) is 11.0. The summed E-state index contributed by atoms with van der Waals surface area (Å²) in [5, 5.41) is 4.81. The van der Waals surface area contributed by atoms with Crippen molar-refractivity contribution >= 4 is 87.6 Å². The molecule has 0 radical (unpaired) electrons. The van der Waals surface area contributed by atoms with Crippen LogP contribution in [-0.2, 0) is 0 Å². The van der Waals surface area contributed by atoms with Crippen molar-refractivity contribution in [2.24, 2.45) is 0 Å². The van der Waals surface area contributed by atoms with E-state index in [1.165, 1.54) is 31.3 Å². The zero-order valence-corrected chi connectivity index (χ0v) is 29.0. The normalized spacial score (nSPS) is 11.5. The SMILES string of the molecule is c1ccc(N(c2ccc(-c3ccc4oc5ccccc5c4c3)cc2)c2ccc3c(c2)sc2ccc(N(c4ccccc4)c4ccccc4)cc23)cc1. The average molecular weight is 685 g/mol. The molecule has 10 rings (SSSR count). The molecule has 0 fully saturated rings. The number of anilines is 6. The summed E-state index contributed by atoms with van der Waals surface area (Å²) in [7, 11) is 0. The quantitative estimate of drug-likeness (QED) is 0.167. The molecule has 2 aromatic heterocycles. The van der Waals surface area contributed by atoms with E-state index < -0.39 is 0 Å². The van der Waals surface area contributed by atoms with Gasteiger partial charge in [0.05, 0.1) is 0 Å². The minimum Gasteiger partial charge on any atom is -0.456 e. The summed E-state index contributed by atoms with van der Waals surface area (Å²) in [4.78, 5) is 4.67. The Balaban J connectivity index is 1.04. The molecule has 4 heteroatoms. The topological polar surface area (TPSA) is 19.6 Å². The van der Waals surface area contributed by atoms with Gasteiger partial charge in [-0.15, -0.1) is 11.3 Å². The Morgan fingerprint density at radius 3 is 1.50 bits per heavy atom. The van der Waals surface area contributed by atoms with Gasteiger partial charge in [-0.25, -0.2) is 0 Å². The van der Waals surface area contributed by atoms with Crippen molar-refractivity contribution in [2.75, 3.05) is 9.80 Å². The molecule has 0 saturated heterocycles. The summed E-state index contributed by atoms with van der Waals surface area (Å²) >= 11 is 1.84. The van der Waals surface area contributed by atoms with Crippen LogP contribution in [0.3, 0.4) is 0 Å². The standard InChI is InChI=1S/C48H32N2OS/c1-4-12-35(13-5-1)49(36-14-6-2-7-15-36)39-26-29-47-44(31-39)42-27-25-40(32-48(42)52-47)50(37-16-8-3-9-17-37)38-23-20-33(21-24-38)34-22-28-46-43(30-34)41-18-10-11-19-45(41)51-46/h1-32H. The van der Waals surface area contributed by atoms with Crippen LogP contribution in [-0.4, -0.2) is 0 Å². The second kappa shape index (κ2) is 12.6. The highest BCUT2D eigenvalue weighted by Gasteiger charge is 2.17. The Bertz CT molecular complexity index is 2800. The highest BCUT2D eigenvalue weighted by molar-refractivity contribution is 7.25. The number of furan rings is 1. The van der Waals surface area contributed by atoms with Gasteiger partial charge in [0, 0.05) is 65.1 Å². The second-order valence-corrected chi connectivity index (χ2v) is 14.1. The van der Waals surface area contributed by atoms with Gasteiger partial charge in [0.2, 0.25) is 0 Å². The summed E-state index contributed by atoms with van der Waals surface area (Å²) in [6, 6.07) is 69.1. The first-order valence-electron chi connectivity index (χ1n) is 17.5. The van der Waals surface area contributed by atoms with Crippen molar-refractivity contribution in [3.8, 4) is 11.1 Å². The number of fused-ring (bicyclic) bond motifs is 6. The van der Waals surface area contributed by atoms with Crippen molar-refractivity contribution in [2.45, 2.75) is 0 Å². The maximum atomic E-state index is 6.09. The van der Waals surface area contributed by atoms with Crippen molar-refractivity contribution in [3.05, 3.63) is 194 Å². The molecular weight excluding hydrogens is 653 g/mol. The van der Waals surface area contributed by atoms with Crippen LogP contribution in [0.4, 0.5) is 34.1 Å². The Hall–Kier alpha value is -6.62. The van der Waals surface area contributed by atoms with Gasteiger partial charge < -0.3 is 14.2 Å². The van der Waals surface area contributed by atoms with Gasteiger partial charge in [-0.05, 0) is 108 Å². The maximum absolute atomic E-state index is 6.09. The molecule has 0 amide bonds. The average Bonchev–Trinajstić information content (AvgIpc) is 3.77. The van der Waals surface area contributed by atoms with Crippen LogP contribution in [0.15, 0.2) is 199 Å². The Morgan fingerprint density at radius 2 is 0.827 bits per heavy atom. The van der Waals surface area contributed by atoms with E-state index in [2.05, 4.69) is 192 Å². The van der Waals surface area contributed by atoms with Gasteiger partial charge in [0.15, 0.2) is 0 Å². The summed E-state index contributed by atoms with van der Waals surface area (Å²) in [6.07, 6.45) is 0. The first-order valence-corrected chi connectivity index (χ1v) is 18.3. The predicted octanol–water partition coefficient (Wildman–Crippen LogP) is 14.6. The molecule has 0 atom stereocenters. The van der Waals surface area contributed by atoms with E-state index in [1.807, 2.05) is 23.5 Å². The van der Waals surface area contributed by atoms with Crippen LogP contribution in [0.2, 0.25) is 0 Å². The lowest BCUT2D eigenvalue weighted by Crippen LogP contribution is -2.09. The van der Waals surface area contributed by atoms with Crippen LogP contribution in [0.5, 0.6) is 0 Å². The molecule has 52 heavy (non-hydrogen) atoms. The van der Waals surface area contributed by atoms with Gasteiger partial charge in [-0.1, -0.05) is 97.1 Å². The molecule has 0 aliphatic rings. The summed E-state index contributed by atoms with van der Waals surface area (Å²) < 4.78 is 8.62. The molecule has 2 heterocycles. The fourth-order valence-corrected chi connectivity index (χ4v) is 8.49. The lowest BCUT2D eigenvalue weighted by molar-refractivity contribution is 0.669. The highest BCUT2D eigenvalue weighted by Crippen LogP contribution is 2.44. The van der Waals surface area contributed by atoms with Gasteiger partial charge >= 0.3 is 0 Å². The monoisotopic (exact) mass is 684 g/mol. The van der Waals surface area contributed by atoms with Crippen molar-refractivity contribution in [1.29, 1.82) is 0 Å². The lowest BCUT2D eigenvalue weighted by Gasteiger charge is -2.26. The molecule has 3 nitrogen and oxygen atoms in total. The van der Waals surface area contributed by atoms with E-state index in [1.54, 1.807) is 0 Å². The molecule has 0 aliphatic carbocycles. The zero-order chi connectivity index (χ0) is 34.4. The van der Waals surface area contributed by atoms with Gasteiger partial charge in [-0.3, -0.25) is 0 Å². The van der Waals surface area contributed by atoms with E-state index in [4.69, 9.17) is 4.42 Å². The number of thiophene rings is 1. The molecule has 8 aromatic carbocycles. The first kappa shape index (κ1) is 30.2. The molecule has 0 saturated carbocycles.